The van der Waals surface area contributed by atoms with E-state index in [4.69, 9.17) is 0 Å². The lowest BCUT2D eigenvalue weighted by Crippen LogP contribution is -2.37. The molecule has 0 spiro atoms. The Morgan fingerprint density at radius 3 is 2.10 bits per heavy atom. The predicted octanol–water partition coefficient (Wildman–Crippen LogP) is 2.94. The molecule has 1 aromatic rings. The molecule has 0 heterocycles. The van der Waals surface area contributed by atoms with Crippen molar-refractivity contribution in [3.05, 3.63) is 35.4 Å². The molecule has 0 unspecified atom stereocenters. The topological polar surface area (TPSA) is 32.3 Å². The number of likely N-dealkylation sites (N-methyl/N-ethyl adjacent to an activating group) is 1. The fraction of sp³-hybridized carbons (Fsp3) is 0.588. The summed E-state index contributed by atoms with van der Waals surface area (Å²) >= 11 is 0. The largest absolute Gasteiger partial charge is 0.342 e. The minimum Gasteiger partial charge on any atom is -0.342 e. The molecule has 20 heavy (non-hydrogen) atoms. The van der Waals surface area contributed by atoms with E-state index in [0.29, 0.717) is 6.54 Å². The van der Waals surface area contributed by atoms with Crippen LogP contribution in [0.15, 0.2) is 24.3 Å². The summed E-state index contributed by atoms with van der Waals surface area (Å²) < 4.78 is 0. The summed E-state index contributed by atoms with van der Waals surface area (Å²) in [5, 5.41) is 3.22. The SMILES string of the molecule is CCN(CC)C(=O)CNCc1ccc(C(C)(C)C)cc1. The molecular formula is C17H28N2O. The molecule has 112 valence electrons. The van der Waals surface area contributed by atoms with E-state index in [-0.39, 0.29) is 11.3 Å². The number of hydrogen-bond donors (Lipinski definition) is 1. The van der Waals surface area contributed by atoms with Gasteiger partial charge in [-0.05, 0) is 30.4 Å². The van der Waals surface area contributed by atoms with E-state index in [9.17, 15) is 4.79 Å². The zero-order chi connectivity index (χ0) is 15.2. The summed E-state index contributed by atoms with van der Waals surface area (Å²) in [4.78, 5) is 13.7. The van der Waals surface area contributed by atoms with Crippen LogP contribution in [-0.4, -0.2) is 30.4 Å². The Morgan fingerprint density at radius 1 is 1.10 bits per heavy atom. The number of nitrogens with zero attached hydrogens (tertiary/aromatic N) is 1. The zero-order valence-corrected chi connectivity index (χ0v) is 13.5. The van der Waals surface area contributed by atoms with Crippen LogP contribution in [-0.2, 0) is 16.8 Å². The summed E-state index contributed by atoms with van der Waals surface area (Å²) in [6, 6.07) is 8.61. The monoisotopic (exact) mass is 276 g/mol. The molecule has 0 aliphatic rings. The Hall–Kier alpha value is -1.35. The maximum atomic E-state index is 11.8. The van der Waals surface area contributed by atoms with Crippen molar-refractivity contribution in [2.75, 3.05) is 19.6 Å². The van der Waals surface area contributed by atoms with Gasteiger partial charge in [-0.3, -0.25) is 4.79 Å². The Morgan fingerprint density at radius 2 is 1.65 bits per heavy atom. The number of carbonyl (C=O) groups excluding carboxylic acids is 1. The number of hydrogen-bond acceptors (Lipinski definition) is 2. The second-order valence-corrected chi connectivity index (χ2v) is 6.12. The van der Waals surface area contributed by atoms with Gasteiger partial charge in [-0.15, -0.1) is 0 Å². The minimum absolute atomic E-state index is 0.168. The van der Waals surface area contributed by atoms with Gasteiger partial charge >= 0.3 is 0 Å². The van der Waals surface area contributed by atoms with Gasteiger partial charge in [0.05, 0.1) is 6.54 Å². The third kappa shape index (κ3) is 4.97. The highest BCUT2D eigenvalue weighted by atomic mass is 16.2. The molecule has 0 radical (unpaired) electrons. The normalized spacial score (nSPS) is 11.4. The molecule has 3 nitrogen and oxygen atoms in total. The van der Waals surface area contributed by atoms with E-state index < -0.39 is 0 Å². The lowest BCUT2D eigenvalue weighted by Gasteiger charge is -2.20. The second-order valence-electron chi connectivity index (χ2n) is 6.12. The summed E-state index contributed by atoms with van der Waals surface area (Å²) in [6.45, 7) is 13.3. The van der Waals surface area contributed by atoms with Gasteiger partial charge in [-0.1, -0.05) is 45.0 Å². The third-order valence-corrected chi connectivity index (χ3v) is 3.54. The average Bonchev–Trinajstić information content (AvgIpc) is 2.39. The van der Waals surface area contributed by atoms with E-state index in [1.807, 2.05) is 18.7 Å². The van der Waals surface area contributed by atoms with Crippen LogP contribution < -0.4 is 5.32 Å². The van der Waals surface area contributed by atoms with Crippen molar-refractivity contribution >= 4 is 5.91 Å². The Bertz CT molecular complexity index is 414. The molecule has 0 aliphatic heterocycles. The average molecular weight is 276 g/mol. The van der Waals surface area contributed by atoms with Crippen LogP contribution in [0.25, 0.3) is 0 Å². The molecular weight excluding hydrogens is 248 g/mol. The molecule has 1 amide bonds. The first-order valence-corrected chi connectivity index (χ1v) is 7.46. The Kier molecular flexibility index (Phi) is 6.21. The van der Waals surface area contributed by atoms with Gasteiger partial charge in [-0.25, -0.2) is 0 Å². The number of rotatable bonds is 6. The van der Waals surface area contributed by atoms with Gasteiger partial charge in [0.15, 0.2) is 0 Å². The second kappa shape index (κ2) is 7.44. The van der Waals surface area contributed by atoms with Crippen LogP contribution in [0.5, 0.6) is 0 Å². The number of amides is 1. The lowest BCUT2D eigenvalue weighted by atomic mass is 9.87. The quantitative estimate of drug-likeness (QED) is 0.866. The van der Waals surface area contributed by atoms with Crippen LogP contribution in [0.3, 0.4) is 0 Å². The molecule has 1 N–H and O–H groups in total. The molecule has 0 saturated carbocycles. The summed E-state index contributed by atoms with van der Waals surface area (Å²) in [5.41, 5.74) is 2.73. The van der Waals surface area contributed by atoms with Crippen molar-refractivity contribution in [1.29, 1.82) is 0 Å². The molecule has 1 aromatic carbocycles. The van der Waals surface area contributed by atoms with Crippen molar-refractivity contribution in [2.45, 2.75) is 46.6 Å². The summed E-state index contributed by atoms with van der Waals surface area (Å²) in [7, 11) is 0. The van der Waals surface area contributed by atoms with Crippen molar-refractivity contribution in [3.8, 4) is 0 Å². The molecule has 1 rings (SSSR count). The van der Waals surface area contributed by atoms with Gasteiger partial charge < -0.3 is 10.2 Å². The molecule has 0 fully saturated rings. The van der Waals surface area contributed by atoms with Gasteiger partial charge in [-0.2, -0.15) is 0 Å². The summed E-state index contributed by atoms with van der Waals surface area (Å²) in [5.74, 6) is 0.168. The maximum Gasteiger partial charge on any atom is 0.236 e. The number of benzene rings is 1. The van der Waals surface area contributed by atoms with Gasteiger partial charge in [0.25, 0.3) is 0 Å². The van der Waals surface area contributed by atoms with Crippen LogP contribution in [0, 0.1) is 0 Å². The van der Waals surface area contributed by atoms with Crippen LogP contribution in [0.1, 0.15) is 45.7 Å². The van der Waals surface area contributed by atoms with E-state index >= 15 is 0 Å². The van der Waals surface area contributed by atoms with Crippen molar-refractivity contribution < 1.29 is 4.79 Å². The standard InChI is InChI=1S/C17H28N2O/c1-6-19(7-2)16(20)13-18-12-14-8-10-15(11-9-14)17(3,4)5/h8-11,18H,6-7,12-13H2,1-5H3. The van der Waals surface area contributed by atoms with Crippen molar-refractivity contribution in [2.24, 2.45) is 0 Å². The Labute approximate surface area is 123 Å². The highest BCUT2D eigenvalue weighted by Crippen LogP contribution is 2.22. The van der Waals surface area contributed by atoms with Crippen molar-refractivity contribution in [1.82, 2.24) is 10.2 Å². The number of carbonyl (C=O) groups is 1. The van der Waals surface area contributed by atoms with Crippen LogP contribution in [0.2, 0.25) is 0 Å². The number of nitrogens with one attached hydrogen (secondary N) is 1. The van der Waals surface area contributed by atoms with E-state index in [1.54, 1.807) is 0 Å². The van der Waals surface area contributed by atoms with E-state index in [1.165, 1.54) is 11.1 Å². The minimum atomic E-state index is 0.168. The van der Waals surface area contributed by atoms with Crippen LogP contribution >= 0.6 is 0 Å². The third-order valence-electron chi connectivity index (χ3n) is 3.54. The molecule has 3 heteroatoms. The van der Waals surface area contributed by atoms with Crippen LogP contribution in [0.4, 0.5) is 0 Å². The fourth-order valence-corrected chi connectivity index (χ4v) is 2.12. The molecule has 0 aromatic heterocycles. The first kappa shape index (κ1) is 16.7. The van der Waals surface area contributed by atoms with E-state index in [0.717, 1.165) is 19.6 Å². The molecule has 0 aliphatic carbocycles. The van der Waals surface area contributed by atoms with Gasteiger partial charge in [0.1, 0.15) is 0 Å². The summed E-state index contributed by atoms with van der Waals surface area (Å²) in [6.07, 6.45) is 0. The van der Waals surface area contributed by atoms with E-state index in [2.05, 4.69) is 50.4 Å². The first-order chi connectivity index (χ1) is 9.38. The van der Waals surface area contributed by atoms with Gasteiger partial charge in [0.2, 0.25) is 5.91 Å². The first-order valence-electron chi connectivity index (χ1n) is 7.46. The highest BCUT2D eigenvalue weighted by Gasteiger charge is 2.13. The predicted molar refractivity (Wildman–Crippen MR) is 84.8 cm³/mol. The smallest absolute Gasteiger partial charge is 0.236 e. The molecule has 0 atom stereocenters. The lowest BCUT2D eigenvalue weighted by molar-refractivity contribution is -0.129. The zero-order valence-electron chi connectivity index (χ0n) is 13.5. The van der Waals surface area contributed by atoms with Crippen molar-refractivity contribution in [3.63, 3.8) is 0 Å². The fourth-order valence-electron chi connectivity index (χ4n) is 2.12. The molecule has 0 bridgehead atoms. The highest BCUT2D eigenvalue weighted by molar-refractivity contribution is 5.78. The molecule has 0 saturated heterocycles. The van der Waals surface area contributed by atoms with Gasteiger partial charge in [0, 0.05) is 19.6 Å². The Balaban J connectivity index is 2.45. The maximum absolute atomic E-state index is 11.8.